The van der Waals surface area contributed by atoms with Crippen LogP contribution in [0.4, 0.5) is 5.69 Å². The van der Waals surface area contributed by atoms with Gasteiger partial charge in [0.1, 0.15) is 12.2 Å². The molecule has 1 aliphatic heterocycles. The second-order valence-corrected chi connectivity index (χ2v) is 3.99. The van der Waals surface area contributed by atoms with Crippen molar-refractivity contribution in [1.82, 2.24) is 0 Å². The van der Waals surface area contributed by atoms with E-state index in [2.05, 4.69) is 0 Å². The summed E-state index contributed by atoms with van der Waals surface area (Å²) in [5.74, 6) is -2.32. The molecule has 0 saturated heterocycles. The molecule has 0 unspecified atom stereocenters. The first-order valence-electron chi connectivity index (χ1n) is 5.56. The van der Waals surface area contributed by atoms with Crippen LogP contribution in [0.1, 0.15) is 12.0 Å². The smallest absolute Gasteiger partial charge is 0.312 e. The fourth-order valence-corrected chi connectivity index (χ4v) is 1.81. The number of fused-ring (bicyclic) bond motifs is 1. The number of hydrogen-bond acceptors (Lipinski definition) is 5. The molecule has 0 fully saturated rings. The van der Waals surface area contributed by atoms with Crippen molar-refractivity contribution in [2.45, 2.75) is 13.0 Å². The molecule has 2 amide bonds. The van der Waals surface area contributed by atoms with E-state index >= 15 is 0 Å². The number of carboxylic acid groups (broad SMARTS) is 1. The minimum atomic E-state index is -1.29. The van der Waals surface area contributed by atoms with Gasteiger partial charge in [-0.15, -0.1) is 0 Å². The quantitative estimate of drug-likeness (QED) is 0.736. The Morgan fingerprint density at radius 2 is 2.16 bits per heavy atom. The van der Waals surface area contributed by atoms with Gasteiger partial charge in [-0.1, -0.05) is 6.07 Å². The predicted molar refractivity (Wildman–Crippen MR) is 64.6 cm³/mol. The average molecular weight is 264 g/mol. The van der Waals surface area contributed by atoms with Crippen LogP contribution in [0.2, 0.25) is 0 Å². The Hall–Kier alpha value is -2.41. The third-order valence-corrected chi connectivity index (χ3v) is 2.65. The normalized spacial score (nSPS) is 13.7. The molecule has 3 N–H and O–H groups in total. The molecule has 0 atom stereocenters. The number of nitrogens with zero attached hydrogens (tertiary/aromatic N) is 1. The Morgan fingerprint density at radius 3 is 2.79 bits per heavy atom. The summed E-state index contributed by atoms with van der Waals surface area (Å²) in [5, 5.41) is 8.64. The van der Waals surface area contributed by atoms with Gasteiger partial charge in [0.15, 0.2) is 6.61 Å². The molecule has 100 valence electrons. The fourth-order valence-electron chi connectivity index (χ4n) is 1.81. The molecule has 0 saturated carbocycles. The van der Waals surface area contributed by atoms with E-state index in [9.17, 15) is 14.4 Å². The van der Waals surface area contributed by atoms with Gasteiger partial charge in [-0.05, 0) is 17.7 Å². The molecule has 0 radical (unpaired) electrons. The van der Waals surface area contributed by atoms with Gasteiger partial charge in [0.05, 0.1) is 5.69 Å². The van der Waals surface area contributed by atoms with Crippen molar-refractivity contribution in [1.29, 1.82) is 0 Å². The van der Waals surface area contributed by atoms with E-state index in [1.807, 2.05) is 0 Å². The number of benzene rings is 1. The zero-order valence-corrected chi connectivity index (χ0v) is 9.96. The molecule has 1 aliphatic rings. The van der Waals surface area contributed by atoms with E-state index in [1.54, 1.807) is 18.2 Å². The van der Waals surface area contributed by atoms with Crippen molar-refractivity contribution in [3.8, 4) is 5.75 Å². The van der Waals surface area contributed by atoms with E-state index in [4.69, 9.17) is 15.6 Å². The monoisotopic (exact) mass is 264 g/mol. The first-order valence-corrected chi connectivity index (χ1v) is 5.56. The number of nitrogens with two attached hydrogens (primary N) is 1. The van der Waals surface area contributed by atoms with E-state index in [1.165, 1.54) is 0 Å². The molecule has 1 aromatic rings. The van der Waals surface area contributed by atoms with Gasteiger partial charge in [-0.25, -0.2) is 4.90 Å². The lowest BCUT2D eigenvalue weighted by Crippen LogP contribution is -2.43. The maximum absolute atomic E-state index is 11.8. The van der Waals surface area contributed by atoms with Crippen LogP contribution in [0.15, 0.2) is 18.2 Å². The fraction of sp³-hybridized carbons (Fsp3) is 0.250. The number of rotatable bonds is 3. The highest BCUT2D eigenvalue weighted by Crippen LogP contribution is 2.33. The Kier molecular flexibility index (Phi) is 3.48. The third-order valence-electron chi connectivity index (χ3n) is 2.65. The molecule has 0 bridgehead atoms. The van der Waals surface area contributed by atoms with E-state index in [0.29, 0.717) is 11.3 Å². The maximum Gasteiger partial charge on any atom is 0.312 e. The first-order chi connectivity index (χ1) is 9.02. The lowest BCUT2D eigenvalue weighted by Gasteiger charge is -2.27. The molecule has 0 aliphatic carbocycles. The number of ether oxygens (including phenoxy) is 1. The number of aliphatic carboxylic acids is 1. The van der Waals surface area contributed by atoms with Gasteiger partial charge in [-0.2, -0.15) is 0 Å². The number of carbonyl (C=O) groups excluding carboxylic acids is 2. The van der Waals surface area contributed by atoms with Crippen LogP contribution in [-0.2, 0) is 20.9 Å². The van der Waals surface area contributed by atoms with Crippen LogP contribution >= 0.6 is 0 Å². The van der Waals surface area contributed by atoms with Gasteiger partial charge in [0.2, 0.25) is 5.91 Å². The number of amides is 2. The highest BCUT2D eigenvalue weighted by atomic mass is 16.5. The van der Waals surface area contributed by atoms with Gasteiger partial charge in [0, 0.05) is 6.54 Å². The van der Waals surface area contributed by atoms with Crippen LogP contribution in [0.25, 0.3) is 0 Å². The number of imide groups is 1. The van der Waals surface area contributed by atoms with Gasteiger partial charge < -0.3 is 15.6 Å². The Morgan fingerprint density at radius 1 is 1.42 bits per heavy atom. The minimum Gasteiger partial charge on any atom is -0.482 e. The molecule has 2 rings (SSSR count). The van der Waals surface area contributed by atoms with Gasteiger partial charge in [-0.3, -0.25) is 14.4 Å². The van der Waals surface area contributed by atoms with Crippen LogP contribution < -0.4 is 15.4 Å². The van der Waals surface area contributed by atoms with E-state index < -0.39 is 24.2 Å². The number of carbonyl (C=O) groups is 3. The third kappa shape index (κ3) is 2.55. The molecule has 0 aromatic heterocycles. The second kappa shape index (κ2) is 5.07. The van der Waals surface area contributed by atoms with Crippen molar-refractivity contribution in [3.63, 3.8) is 0 Å². The predicted octanol–water partition coefficient (Wildman–Crippen LogP) is -0.128. The lowest BCUT2D eigenvalue weighted by atomic mass is 10.1. The maximum atomic E-state index is 11.8. The van der Waals surface area contributed by atoms with Crippen molar-refractivity contribution >= 4 is 23.5 Å². The molecular formula is C12H12N2O5. The Labute approximate surface area is 108 Å². The highest BCUT2D eigenvalue weighted by molar-refractivity contribution is 6.20. The summed E-state index contributed by atoms with van der Waals surface area (Å²) in [6.07, 6.45) is -0.752. The van der Waals surface area contributed by atoms with Gasteiger partial charge >= 0.3 is 5.97 Å². The highest BCUT2D eigenvalue weighted by Gasteiger charge is 2.31. The largest absolute Gasteiger partial charge is 0.482 e. The molecule has 19 heavy (non-hydrogen) atoms. The summed E-state index contributed by atoms with van der Waals surface area (Å²) < 4.78 is 5.19. The van der Waals surface area contributed by atoms with Crippen molar-refractivity contribution in [2.24, 2.45) is 5.73 Å². The van der Waals surface area contributed by atoms with Crippen LogP contribution in [0.3, 0.4) is 0 Å². The molecule has 1 heterocycles. The molecule has 1 aromatic carbocycles. The summed E-state index contributed by atoms with van der Waals surface area (Å²) >= 11 is 0. The first kappa shape index (κ1) is 13.0. The summed E-state index contributed by atoms with van der Waals surface area (Å²) in [7, 11) is 0. The van der Waals surface area contributed by atoms with Crippen molar-refractivity contribution < 1.29 is 24.2 Å². The summed E-state index contributed by atoms with van der Waals surface area (Å²) in [6, 6.07) is 4.87. The van der Waals surface area contributed by atoms with Crippen LogP contribution in [0, 0.1) is 0 Å². The standard InChI is InChI=1S/C12H12N2O5/c13-5-7-1-2-9-8(3-7)14(11(16)6-19-9)10(15)4-12(17)18/h1-3H,4-6,13H2,(H,17,18). The number of anilines is 1. The topological polar surface area (TPSA) is 110 Å². The molecule has 7 heteroatoms. The lowest BCUT2D eigenvalue weighted by molar-refractivity contribution is -0.140. The second-order valence-electron chi connectivity index (χ2n) is 3.99. The average Bonchev–Trinajstić information content (AvgIpc) is 2.36. The van der Waals surface area contributed by atoms with Crippen LogP contribution in [0.5, 0.6) is 5.75 Å². The zero-order valence-electron chi connectivity index (χ0n) is 9.96. The number of hydrogen-bond donors (Lipinski definition) is 2. The summed E-state index contributed by atoms with van der Waals surface area (Å²) in [6.45, 7) is -0.0528. The van der Waals surface area contributed by atoms with Crippen LogP contribution in [-0.4, -0.2) is 29.5 Å². The molecule has 0 spiro atoms. The van der Waals surface area contributed by atoms with E-state index in [0.717, 1.165) is 4.90 Å². The van der Waals surface area contributed by atoms with E-state index in [-0.39, 0.29) is 18.8 Å². The number of carboxylic acids is 1. The molecule has 7 nitrogen and oxygen atoms in total. The molecular weight excluding hydrogens is 252 g/mol. The van der Waals surface area contributed by atoms with Crippen molar-refractivity contribution in [3.05, 3.63) is 23.8 Å². The Bertz CT molecular complexity index is 555. The Balaban J connectivity index is 2.41. The summed E-state index contributed by atoms with van der Waals surface area (Å²) in [5.41, 5.74) is 6.45. The van der Waals surface area contributed by atoms with Crippen molar-refractivity contribution in [2.75, 3.05) is 11.5 Å². The SMILES string of the molecule is NCc1ccc2c(c1)N(C(=O)CC(=O)O)C(=O)CO2. The minimum absolute atomic E-state index is 0.239. The zero-order chi connectivity index (χ0) is 14.0. The summed E-state index contributed by atoms with van der Waals surface area (Å²) in [4.78, 5) is 35.0. The van der Waals surface area contributed by atoms with Gasteiger partial charge in [0.25, 0.3) is 5.91 Å².